The number of anilines is 1. The molecule has 0 aliphatic rings. The number of rotatable bonds is 5. The molecule has 0 bridgehead atoms. The minimum Gasteiger partial charge on any atom is -0.298 e. The molecule has 24 heavy (non-hydrogen) atoms. The molecule has 0 unspecified atom stereocenters. The van der Waals surface area contributed by atoms with Crippen molar-refractivity contribution >= 4 is 51.2 Å². The van der Waals surface area contributed by atoms with Crippen LogP contribution < -0.4 is 5.32 Å². The van der Waals surface area contributed by atoms with Crippen LogP contribution in [-0.4, -0.2) is 20.8 Å². The average molecular weight is 378 g/mol. The summed E-state index contributed by atoms with van der Waals surface area (Å²) in [4.78, 5) is 31.9. The number of carbonyl (C=O) groups excluding carboxylic acids is 1. The van der Waals surface area contributed by atoms with Gasteiger partial charge in [0.15, 0.2) is 9.47 Å². The number of aryl methyl sites for hydroxylation is 1. The van der Waals surface area contributed by atoms with Crippen LogP contribution in [0.3, 0.4) is 0 Å². The largest absolute Gasteiger partial charge is 0.298 e. The topological polar surface area (TPSA) is 98.0 Å². The molecule has 10 heteroatoms. The molecule has 0 aliphatic heterocycles. The van der Waals surface area contributed by atoms with Gasteiger partial charge in [0.25, 0.3) is 11.6 Å². The van der Waals surface area contributed by atoms with Crippen LogP contribution >= 0.6 is 34.4 Å². The third-order valence-corrected chi connectivity index (χ3v) is 5.69. The third-order valence-electron chi connectivity index (χ3n) is 2.87. The summed E-state index contributed by atoms with van der Waals surface area (Å²) in [6, 6.07) is 4.21. The van der Waals surface area contributed by atoms with Gasteiger partial charge in [-0.05, 0) is 13.0 Å². The van der Waals surface area contributed by atoms with Crippen LogP contribution in [0.4, 0.5) is 10.8 Å². The summed E-state index contributed by atoms with van der Waals surface area (Å²) in [5, 5.41) is 17.7. The molecule has 0 aliphatic carbocycles. The number of hydrogen-bond donors (Lipinski definition) is 1. The molecule has 0 atom stereocenters. The lowest BCUT2D eigenvalue weighted by Crippen LogP contribution is -2.13. The minimum atomic E-state index is -0.526. The van der Waals surface area contributed by atoms with Crippen molar-refractivity contribution < 1.29 is 9.72 Å². The first kappa shape index (κ1) is 16.6. The smallest absolute Gasteiger partial charge is 0.270 e. The molecule has 1 N–H and O–H groups in total. The van der Waals surface area contributed by atoms with Crippen molar-refractivity contribution in [3.8, 4) is 0 Å². The molecular formula is C14H10N4O3S3. The van der Waals surface area contributed by atoms with E-state index in [1.807, 2.05) is 12.3 Å². The highest BCUT2D eigenvalue weighted by Gasteiger charge is 2.19. The lowest BCUT2D eigenvalue weighted by Gasteiger charge is -2.07. The van der Waals surface area contributed by atoms with Crippen molar-refractivity contribution in [2.75, 3.05) is 5.32 Å². The fourth-order valence-electron chi connectivity index (χ4n) is 1.82. The molecule has 0 spiro atoms. The first-order valence-corrected chi connectivity index (χ1v) is 9.20. The number of nitro groups is 1. The van der Waals surface area contributed by atoms with Crippen LogP contribution in [0.2, 0.25) is 0 Å². The number of carbonyl (C=O) groups is 1. The van der Waals surface area contributed by atoms with Gasteiger partial charge in [0, 0.05) is 39.7 Å². The van der Waals surface area contributed by atoms with Gasteiger partial charge in [0.1, 0.15) is 0 Å². The molecule has 2 heterocycles. The second-order valence-electron chi connectivity index (χ2n) is 4.59. The van der Waals surface area contributed by atoms with Crippen molar-refractivity contribution in [3.05, 3.63) is 56.5 Å². The highest BCUT2D eigenvalue weighted by Crippen LogP contribution is 2.34. The molecule has 1 amide bonds. The second kappa shape index (κ2) is 7.07. The Labute approximate surface area is 148 Å². The summed E-state index contributed by atoms with van der Waals surface area (Å²) in [5.74, 6) is -0.440. The summed E-state index contributed by atoms with van der Waals surface area (Å²) < 4.78 is 0.768. The predicted molar refractivity (Wildman–Crippen MR) is 94.1 cm³/mol. The van der Waals surface area contributed by atoms with Crippen molar-refractivity contribution in [1.82, 2.24) is 9.97 Å². The number of aromatic nitrogens is 2. The number of amides is 1. The van der Waals surface area contributed by atoms with Gasteiger partial charge < -0.3 is 0 Å². The van der Waals surface area contributed by atoms with E-state index in [1.54, 1.807) is 17.6 Å². The zero-order valence-corrected chi connectivity index (χ0v) is 14.7. The third kappa shape index (κ3) is 3.78. The maximum atomic E-state index is 12.5. The molecule has 0 saturated heterocycles. The van der Waals surface area contributed by atoms with E-state index in [2.05, 4.69) is 15.3 Å². The molecule has 3 aromatic rings. The van der Waals surface area contributed by atoms with Gasteiger partial charge in [-0.15, -0.1) is 22.7 Å². The summed E-state index contributed by atoms with van der Waals surface area (Å²) in [5.41, 5.74) is 0.967. The molecule has 1 aromatic carbocycles. The van der Waals surface area contributed by atoms with E-state index in [1.165, 1.54) is 46.6 Å². The van der Waals surface area contributed by atoms with Gasteiger partial charge in [-0.2, -0.15) is 0 Å². The fraction of sp³-hybridized carbons (Fsp3) is 0.0714. The molecule has 2 aromatic heterocycles. The zero-order chi connectivity index (χ0) is 17.1. The van der Waals surface area contributed by atoms with Gasteiger partial charge in [-0.25, -0.2) is 9.97 Å². The SMILES string of the molecule is Cc1csc(Sc2ccc([N+](=O)[O-])cc2C(=O)Nc2nccs2)n1. The second-order valence-corrected chi connectivity index (χ2v) is 7.63. The number of nitro benzene ring substituents is 1. The lowest BCUT2D eigenvalue weighted by molar-refractivity contribution is -0.384. The van der Waals surface area contributed by atoms with Crippen LogP contribution in [0.5, 0.6) is 0 Å². The Morgan fingerprint density at radius 2 is 2.21 bits per heavy atom. The van der Waals surface area contributed by atoms with E-state index in [0.717, 1.165) is 10.0 Å². The number of non-ortho nitro benzene ring substituents is 1. The van der Waals surface area contributed by atoms with Crippen LogP contribution in [0.15, 0.2) is 44.4 Å². The lowest BCUT2D eigenvalue weighted by atomic mass is 10.2. The van der Waals surface area contributed by atoms with E-state index in [-0.39, 0.29) is 11.3 Å². The van der Waals surface area contributed by atoms with E-state index in [9.17, 15) is 14.9 Å². The van der Waals surface area contributed by atoms with E-state index < -0.39 is 10.8 Å². The highest BCUT2D eigenvalue weighted by molar-refractivity contribution is 8.01. The van der Waals surface area contributed by atoms with E-state index >= 15 is 0 Å². The molecular weight excluding hydrogens is 368 g/mol. The molecule has 3 rings (SSSR count). The number of hydrogen-bond acceptors (Lipinski definition) is 8. The molecule has 0 radical (unpaired) electrons. The van der Waals surface area contributed by atoms with Crippen LogP contribution in [0.1, 0.15) is 16.1 Å². The van der Waals surface area contributed by atoms with E-state index in [4.69, 9.17) is 0 Å². The monoisotopic (exact) mass is 378 g/mol. The van der Waals surface area contributed by atoms with Crippen LogP contribution in [0.25, 0.3) is 0 Å². The highest BCUT2D eigenvalue weighted by atomic mass is 32.2. The quantitative estimate of drug-likeness (QED) is 0.527. The van der Waals surface area contributed by atoms with E-state index in [0.29, 0.717) is 10.0 Å². The number of nitrogens with one attached hydrogen (secondary N) is 1. The molecule has 7 nitrogen and oxygen atoms in total. The van der Waals surface area contributed by atoms with Crippen molar-refractivity contribution in [1.29, 1.82) is 0 Å². The standard InChI is InChI=1S/C14H10N4O3S3/c1-8-7-23-14(16-8)24-11-3-2-9(18(20)21)6-10(11)12(19)17-13-15-4-5-22-13/h2-7H,1H3,(H,15,17,19). The number of nitrogens with zero attached hydrogens (tertiary/aromatic N) is 3. The normalized spacial score (nSPS) is 10.5. The van der Waals surface area contributed by atoms with Crippen molar-refractivity contribution in [2.24, 2.45) is 0 Å². The Balaban J connectivity index is 1.94. The maximum Gasteiger partial charge on any atom is 0.270 e. The Hall–Kier alpha value is -2.30. The maximum absolute atomic E-state index is 12.5. The summed E-state index contributed by atoms with van der Waals surface area (Å²) in [7, 11) is 0. The summed E-state index contributed by atoms with van der Waals surface area (Å²) in [6.07, 6.45) is 1.57. The summed E-state index contributed by atoms with van der Waals surface area (Å²) in [6.45, 7) is 1.88. The van der Waals surface area contributed by atoms with Gasteiger partial charge in [0.05, 0.1) is 10.5 Å². The van der Waals surface area contributed by atoms with Crippen molar-refractivity contribution in [2.45, 2.75) is 16.2 Å². The minimum absolute atomic E-state index is 0.140. The zero-order valence-electron chi connectivity index (χ0n) is 12.3. The Bertz CT molecular complexity index is 893. The Morgan fingerprint density at radius 1 is 1.38 bits per heavy atom. The summed E-state index contributed by atoms with van der Waals surface area (Å²) >= 11 is 4.04. The molecule has 0 fully saturated rings. The van der Waals surface area contributed by atoms with Gasteiger partial charge in [0.2, 0.25) is 0 Å². The van der Waals surface area contributed by atoms with Gasteiger partial charge in [-0.1, -0.05) is 11.8 Å². The average Bonchev–Trinajstić information content (AvgIpc) is 3.19. The molecule has 0 saturated carbocycles. The number of thiazole rings is 2. The Morgan fingerprint density at radius 3 is 2.83 bits per heavy atom. The predicted octanol–water partition coefficient (Wildman–Crippen LogP) is 4.22. The van der Waals surface area contributed by atoms with Crippen LogP contribution in [-0.2, 0) is 0 Å². The van der Waals surface area contributed by atoms with Gasteiger partial charge >= 0.3 is 0 Å². The Kier molecular flexibility index (Phi) is 4.88. The first-order chi connectivity index (χ1) is 11.5. The number of benzene rings is 1. The van der Waals surface area contributed by atoms with Gasteiger partial charge in [-0.3, -0.25) is 20.2 Å². The van der Waals surface area contributed by atoms with Crippen LogP contribution in [0, 0.1) is 17.0 Å². The van der Waals surface area contributed by atoms with Crippen molar-refractivity contribution in [3.63, 3.8) is 0 Å². The fourth-order valence-corrected chi connectivity index (χ4v) is 4.25. The molecule has 122 valence electrons. The first-order valence-electron chi connectivity index (χ1n) is 6.62.